The van der Waals surface area contributed by atoms with Crippen molar-refractivity contribution in [2.75, 3.05) is 26.2 Å². The highest BCUT2D eigenvalue weighted by Gasteiger charge is 2.25. The number of benzene rings is 3. The van der Waals surface area contributed by atoms with Crippen molar-refractivity contribution in [3.63, 3.8) is 0 Å². The number of nitrogens with one attached hydrogen (secondary N) is 1. The molecule has 4 rings (SSSR count). The maximum atomic E-state index is 12.6. The third kappa shape index (κ3) is 5.95. The molecule has 3 aromatic carbocycles. The quantitative estimate of drug-likeness (QED) is 0.538. The number of carbonyl (C=O) groups excluding carboxylic acids is 2. The zero-order valence-corrected chi connectivity index (χ0v) is 19.4. The number of hydrogen-bond donors (Lipinski definition) is 1. The first kappa shape index (κ1) is 23.4. The topological polar surface area (TPSA) is 67.9 Å². The van der Waals surface area contributed by atoms with E-state index in [9.17, 15) is 9.59 Å². The first-order chi connectivity index (χ1) is 16.6. The van der Waals surface area contributed by atoms with Crippen molar-refractivity contribution in [3.05, 3.63) is 84.4 Å². The van der Waals surface area contributed by atoms with Gasteiger partial charge < -0.3 is 19.7 Å². The van der Waals surface area contributed by atoms with Gasteiger partial charge in [-0.2, -0.15) is 0 Å². The van der Waals surface area contributed by atoms with Crippen LogP contribution in [0.3, 0.4) is 0 Å². The lowest BCUT2D eigenvalue weighted by atomic mass is 10.0. The van der Waals surface area contributed by atoms with E-state index < -0.39 is 0 Å². The summed E-state index contributed by atoms with van der Waals surface area (Å²) in [5.74, 6) is 1.14. The maximum absolute atomic E-state index is 12.6. The van der Waals surface area contributed by atoms with Crippen LogP contribution in [0.1, 0.15) is 30.1 Å². The van der Waals surface area contributed by atoms with Crippen LogP contribution in [-0.2, 0) is 4.79 Å². The van der Waals surface area contributed by atoms with Gasteiger partial charge in [0.2, 0.25) is 5.91 Å². The van der Waals surface area contributed by atoms with E-state index in [4.69, 9.17) is 9.47 Å². The van der Waals surface area contributed by atoms with Gasteiger partial charge in [-0.25, -0.2) is 0 Å². The zero-order chi connectivity index (χ0) is 23.8. The molecule has 1 N–H and O–H groups in total. The molecule has 1 heterocycles. The smallest absolute Gasteiger partial charge is 0.251 e. The molecule has 34 heavy (non-hydrogen) atoms. The van der Waals surface area contributed by atoms with Crippen molar-refractivity contribution in [2.24, 2.45) is 0 Å². The molecule has 0 aliphatic carbocycles. The molecule has 3 aromatic rings. The average Bonchev–Trinajstić information content (AvgIpc) is 2.89. The molecule has 1 saturated heterocycles. The van der Waals surface area contributed by atoms with Gasteiger partial charge in [0.25, 0.3) is 5.91 Å². The number of nitrogens with zero attached hydrogens (tertiary/aromatic N) is 1. The van der Waals surface area contributed by atoms with Gasteiger partial charge >= 0.3 is 0 Å². The Hall–Kier alpha value is -3.80. The second-order valence-electron chi connectivity index (χ2n) is 8.20. The van der Waals surface area contributed by atoms with Gasteiger partial charge in [0.05, 0.1) is 13.2 Å². The SMILES string of the molecule is CCOc1ccccc1OC1CCN(C(=O)CNC(=O)c2ccc(-c3ccccc3)cc2)CC1. The van der Waals surface area contributed by atoms with Crippen molar-refractivity contribution >= 4 is 11.8 Å². The molecule has 0 saturated carbocycles. The highest BCUT2D eigenvalue weighted by molar-refractivity contribution is 5.96. The fraction of sp³-hybridized carbons (Fsp3) is 0.286. The molecule has 1 fully saturated rings. The summed E-state index contributed by atoms with van der Waals surface area (Å²) in [6.07, 6.45) is 1.51. The summed E-state index contributed by atoms with van der Waals surface area (Å²) in [6.45, 7) is 3.71. The van der Waals surface area contributed by atoms with Crippen LogP contribution in [0.2, 0.25) is 0 Å². The molecule has 2 amide bonds. The molecule has 176 valence electrons. The summed E-state index contributed by atoms with van der Waals surface area (Å²) in [6, 6.07) is 25.0. The fourth-order valence-corrected chi connectivity index (χ4v) is 4.04. The first-order valence-electron chi connectivity index (χ1n) is 11.7. The van der Waals surface area contributed by atoms with Crippen molar-refractivity contribution in [3.8, 4) is 22.6 Å². The number of ether oxygens (including phenoxy) is 2. The molecule has 0 spiro atoms. The Labute approximate surface area is 200 Å². The third-order valence-corrected chi connectivity index (χ3v) is 5.89. The van der Waals surface area contributed by atoms with Gasteiger partial charge in [0.15, 0.2) is 11.5 Å². The second kappa shape index (κ2) is 11.4. The maximum Gasteiger partial charge on any atom is 0.251 e. The summed E-state index contributed by atoms with van der Waals surface area (Å²) in [4.78, 5) is 26.9. The number of carbonyl (C=O) groups is 2. The number of hydrogen-bond acceptors (Lipinski definition) is 4. The lowest BCUT2D eigenvalue weighted by molar-refractivity contribution is -0.131. The molecule has 0 radical (unpaired) electrons. The average molecular weight is 459 g/mol. The predicted octanol–water partition coefficient (Wildman–Crippen LogP) is 4.55. The lowest BCUT2D eigenvalue weighted by Crippen LogP contribution is -2.46. The second-order valence-corrected chi connectivity index (χ2v) is 8.20. The summed E-state index contributed by atoms with van der Waals surface area (Å²) >= 11 is 0. The highest BCUT2D eigenvalue weighted by Crippen LogP contribution is 2.29. The van der Waals surface area contributed by atoms with E-state index in [0.29, 0.717) is 25.3 Å². The Morgan fingerprint density at radius 2 is 1.47 bits per heavy atom. The van der Waals surface area contributed by atoms with Crippen molar-refractivity contribution in [1.82, 2.24) is 10.2 Å². The molecule has 0 bridgehead atoms. The molecule has 0 unspecified atom stereocenters. The van der Waals surface area contributed by atoms with E-state index in [2.05, 4.69) is 5.32 Å². The van der Waals surface area contributed by atoms with Crippen LogP contribution in [-0.4, -0.2) is 49.1 Å². The Morgan fingerprint density at radius 1 is 0.853 bits per heavy atom. The molecule has 1 aliphatic rings. The molecule has 1 aliphatic heterocycles. The Bertz CT molecular complexity index is 1090. The van der Waals surface area contributed by atoms with Crippen LogP contribution in [0.15, 0.2) is 78.9 Å². The Balaban J connectivity index is 1.23. The van der Waals surface area contributed by atoms with Crippen molar-refractivity contribution < 1.29 is 19.1 Å². The van der Waals surface area contributed by atoms with E-state index >= 15 is 0 Å². The van der Waals surface area contributed by atoms with Gasteiger partial charge in [-0.1, -0.05) is 54.6 Å². The first-order valence-corrected chi connectivity index (χ1v) is 11.7. The molecule has 6 heteroatoms. The third-order valence-electron chi connectivity index (χ3n) is 5.89. The minimum atomic E-state index is -0.251. The molecule has 6 nitrogen and oxygen atoms in total. The number of amides is 2. The molecular formula is C28H30N2O4. The van der Waals surface area contributed by atoms with Crippen molar-refractivity contribution in [1.29, 1.82) is 0 Å². The largest absolute Gasteiger partial charge is 0.490 e. The standard InChI is InChI=1S/C28H30N2O4/c1-2-33-25-10-6-7-11-26(25)34-24-16-18-30(19-17-24)27(31)20-29-28(32)23-14-12-22(13-15-23)21-8-4-3-5-9-21/h3-15,24H,2,16-20H2,1H3,(H,29,32). The van der Waals surface area contributed by atoms with Crippen LogP contribution in [0.5, 0.6) is 11.5 Å². The summed E-state index contributed by atoms with van der Waals surface area (Å²) < 4.78 is 11.8. The summed E-state index contributed by atoms with van der Waals surface area (Å²) in [5.41, 5.74) is 2.67. The number of rotatable bonds is 8. The minimum Gasteiger partial charge on any atom is -0.490 e. The van der Waals surface area contributed by atoms with Gasteiger partial charge in [0, 0.05) is 31.5 Å². The number of para-hydroxylation sites is 2. The van der Waals surface area contributed by atoms with Gasteiger partial charge in [-0.15, -0.1) is 0 Å². The number of likely N-dealkylation sites (tertiary alicyclic amines) is 1. The van der Waals surface area contributed by atoms with Crippen LogP contribution in [0, 0.1) is 0 Å². The molecule has 0 atom stereocenters. The van der Waals surface area contributed by atoms with Gasteiger partial charge in [-0.3, -0.25) is 9.59 Å². The normalized spacial score (nSPS) is 13.9. The van der Waals surface area contributed by atoms with E-state index in [1.54, 1.807) is 17.0 Å². The van der Waals surface area contributed by atoms with Gasteiger partial charge in [-0.05, 0) is 42.3 Å². The fourth-order valence-electron chi connectivity index (χ4n) is 4.04. The monoisotopic (exact) mass is 458 g/mol. The highest BCUT2D eigenvalue weighted by atomic mass is 16.5. The molecular weight excluding hydrogens is 428 g/mol. The van der Waals surface area contributed by atoms with Gasteiger partial charge in [0.1, 0.15) is 6.10 Å². The van der Waals surface area contributed by atoms with E-state index in [1.807, 2.05) is 73.7 Å². The van der Waals surface area contributed by atoms with Crippen LogP contribution in [0.25, 0.3) is 11.1 Å². The Morgan fingerprint density at radius 3 is 2.15 bits per heavy atom. The van der Waals surface area contributed by atoms with E-state index in [0.717, 1.165) is 35.5 Å². The van der Waals surface area contributed by atoms with Crippen LogP contribution >= 0.6 is 0 Å². The zero-order valence-electron chi connectivity index (χ0n) is 19.4. The van der Waals surface area contributed by atoms with E-state index in [1.165, 1.54) is 0 Å². The molecule has 0 aromatic heterocycles. The number of piperidine rings is 1. The van der Waals surface area contributed by atoms with Crippen molar-refractivity contribution in [2.45, 2.75) is 25.9 Å². The summed E-state index contributed by atoms with van der Waals surface area (Å²) in [7, 11) is 0. The Kier molecular flexibility index (Phi) is 7.81. The minimum absolute atomic E-state index is 0.0159. The van der Waals surface area contributed by atoms with Crippen LogP contribution in [0.4, 0.5) is 0 Å². The lowest BCUT2D eigenvalue weighted by Gasteiger charge is -2.32. The van der Waals surface area contributed by atoms with Crippen LogP contribution < -0.4 is 14.8 Å². The predicted molar refractivity (Wildman–Crippen MR) is 132 cm³/mol. The summed E-state index contributed by atoms with van der Waals surface area (Å²) in [5, 5.41) is 2.75. The van der Waals surface area contributed by atoms with E-state index in [-0.39, 0.29) is 24.5 Å².